The highest BCUT2D eigenvalue weighted by molar-refractivity contribution is 7.93. The maximum absolute atomic E-state index is 12.5. The molecule has 0 bridgehead atoms. The van der Waals surface area contributed by atoms with Crippen molar-refractivity contribution in [1.82, 2.24) is 8.75 Å². The van der Waals surface area contributed by atoms with Gasteiger partial charge in [0.05, 0.1) is 17.4 Å². The van der Waals surface area contributed by atoms with Crippen LogP contribution >= 0.6 is 11.7 Å². The lowest BCUT2D eigenvalue weighted by molar-refractivity contribution is 0.0694. The Kier molecular flexibility index (Phi) is 3.62. The summed E-state index contributed by atoms with van der Waals surface area (Å²) < 4.78 is 35.1. The molecule has 0 amide bonds. The van der Waals surface area contributed by atoms with Gasteiger partial charge >= 0.3 is 5.97 Å². The maximum atomic E-state index is 12.5. The summed E-state index contributed by atoms with van der Waals surface area (Å²) in [4.78, 5) is 10.9. The Morgan fingerprint density at radius 2 is 1.87 bits per heavy atom. The molecule has 0 aliphatic carbocycles. The standard InChI is InChI=1S/C13H9N3O5S2/c17-12-7(13(18)19)3-1-5-9(12)16-23(20,21)10-6-2-4-8-11(10)15-22-14-8/h1-6,16-17H,(H,18,19). The van der Waals surface area contributed by atoms with Gasteiger partial charge in [-0.15, -0.1) is 0 Å². The van der Waals surface area contributed by atoms with Crippen LogP contribution in [0.25, 0.3) is 11.0 Å². The molecule has 1 heterocycles. The van der Waals surface area contributed by atoms with E-state index < -0.39 is 27.3 Å². The average Bonchev–Trinajstić information content (AvgIpc) is 2.97. The first-order valence-corrected chi connectivity index (χ1v) is 8.41. The van der Waals surface area contributed by atoms with Crippen molar-refractivity contribution in [3.8, 4) is 5.75 Å². The number of nitrogens with zero attached hydrogens (tertiary/aromatic N) is 2. The average molecular weight is 351 g/mol. The Bertz CT molecular complexity index is 1010. The van der Waals surface area contributed by atoms with Crippen molar-refractivity contribution in [2.45, 2.75) is 4.90 Å². The van der Waals surface area contributed by atoms with Gasteiger partial charge in [0, 0.05) is 0 Å². The molecule has 3 N–H and O–H groups in total. The molecule has 10 heteroatoms. The number of nitrogens with one attached hydrogen (secondary N) is 1. The van der Waals surface area contributed by atoms with E-state index in [0.29, 0.717) is 5.52 Å². The number of carboxylic acids is 1. The van der Waals surface area contributed by atoms with Crippen LogP contribution in [0, 0.1) is 0 Å². The summed E-state index contributed by atoms with van der Waals surface area (Å²) in [6, 6.07) is 8.25. The van der Waals surface area contributed by atoms with Crippen LogP contribution < -0.4 is 4.72 Å². The monoisotopic (exact) mass is 351 g/mol. The van der Waals surface area contributed by atoms with E-state index in [1.165, 1.54) is 30.3 Å². The molecule has 0 atom stereocenters. The molecule has 118 valence electrons. The van der Waals surface area contributed by atoms with Gasteiger partial charge in [-0.3, -0.25) is 4.72 Å². The van der Waals surface area contributed by atoms with Crippen molar-refractivity contribution in [2.75, 3.05) is 4.72 Å². The number of hydrogen-bond acceptors (Lipinski definition) is 7. The molecule has 2 aromatic carbocycles. The maximum Gasteiger partial charge on any atom is 0.339 e. The fraction of sp³-hybridized carbons (Fsp3) is 0. The molecule has 0 aliphatic rings. The number of para-hydroxylation sites is 1. The van der Waals surface area contributed by atoms with Gasteiger partial charge in [-0.2, -0.15) is 8.75 Å². The lowest BCUT2D eigenvalue weighted by atomic mass is 10.2. The molecule has 3 rings (SSSR count). The van der Waals surface area contributed by atoms with Crippen molar-refractivity contribution in [3.05, 3.63) is 42.0 Å². The number of hydrogen-bond donors (Lipinski definition) is 3. The zero-order chi connectivity index (χ0) is 16.6. The van der Waals surface area contributed by atoms with Crippen LogP contribution in [0.5, 0.6) is 5.75 Å². The van der Waals surface area contributed by atoms with Crippen LogP contribution in [0.3, 0.4) is 0 Å². The summed E-state index contributed by atoms with van der Waals surface area (Å²) in [6.07, 6.45) is 0. The lowest BCUT2D eigenvalue weighted by Crippen LogP contribution is -2.14. The number of benzene rings is 2. The fourth-order valence-corrected chi connectivity index (χ4v) is 3.83. The number of phenols is 1. The number of aromatic carboxylic acids is 1. The predicted octanol–water partition coefficient (Wildman–Crippen LogP) is 1.90. The molecule has 0 saturated carbocycles. The highest BCUT2D eigenvalue weighted by Crippen LogP contribution is 2.30. The van der Waals surface area contributed by atoms with Gasteiger partial charge in [0.1, 0.15) is 21.5 Å². The van der Waals surface area contributed by atoms with Crippen molar-refractivity contribution in [1.29, 1.82) is 0 Å². The van der Waals surface area contributed by atoms with Gasteiger partial charge in [0.25, 0.3) is 10.0 Å². The summed E-state index contributed by atoms with van der Waals surface area (Å²) in [5.41, 5.74) is 0.00379. The molecule has 3 aromatic rings. The van der Waals surface area contributed by atoms with E-state index in [1.807, 2.05) is 0 Å². The second-order valence-corrected chi connectivity index (χ2v) is 6.68. The highest BCUT2D eigenvalue weighted by Gasteiger charge is 2.22. The van der Waals surface area contributed by atoms with Gasteiger partial charge in [-0.25, -0.2) is 13.2 Å². The number of carboxylic acid groups (broad SMARTS) is 1. The van der Waals surface area contributed by atoms with Crippen LogP contribution in [-0.4, -0.2) is 33.3 Å². The number of aromatic nitrogens is 2. The van der Waals surface area contributed by atoms with Crippen molar-refractivity contribution >= 4 is 44.4 Å². The lowest BCUT2D eigenvalue weighted by Gasteiger charge is -2.11. The molecule has 0 spiro atoms. The zero-order valence-electron chi connectivity index (χ0n) is 11.3. The molecule has 8 nitrogen and oxygen atoms in total. The number of rotatable bonds is 4. The third kappa shape index (κ3) is 2.69. The van der Waals surface area contributed by atoms with Gasteiger partial charge in [-0.05, 0) is 24.3 Å². The first-order chi connectivity index (χ1) is 10.9. The largest absolute Gasteiger partial charge is 0.505 e. The second kappa shape index (κ2) is 5.48. The molecule has 0 saturated heterocycles. The minimum absolute atomic E-state index is 0.108. The molecule has 0 unspecified atom stereocenters. The van der Waals surface area contributed by atoms with E-state index in [1.54, 1.807) is 6.07 Å². The summed E-state index contributed by atoms with van der Waals surface area (Å²) in [5.74, 6) is -2.03. The molecule has 0 aliphatic heterocycles. The summed E-state index contributed by atoms with van der Waals surface area (Å²) in [6.45, 7) is 0. The normalized spacial score (nSPS) is 11.5. The van der Waals surface area contributed by atoms with Crippen LogP contribution in [0.15, 0.2) is 41.3 Å². The van der Waals surface area contributed by atoms with Crippen molar-refractivity contribution < 1.29 is 23.4 Å². The third-order valence-electron chi connectivity index (χ3n) is 3.05. The fourth-order valence-electron chi connectivity index (χ4n) is 2.00. The van der Waals surface area contributed by atoms with E-state index >= 15 is 0 Å². The number of aromatic hydroxyl groups is 1. The van der Waals surface area contributed by atoms with Gasteiger partial charge in [0.15, 0.2) is 5.75 Å². The van der Waals surface area contributed by atoms with Crippen molar-refractivity contribution in [2.24, 2.45) is 0 Å². The smallest absolute Gasteiger partial charge is 0.339 e. The van der Waals surface area contributed by atoms with Crippen LogP contribution in [0.4, 0.5) is 5.69 Å². The summed E-state index contributed by atoms with van der Waals surface area (Å²) in [5, 5.41) is 18.9. The van der Waals surface area contributed by atoms with E-state index in [9.17, 15) is 18.3 Å². The molecule has 1 aromatic heterocycles. The quantitative estimate of drug-likeness (QED) is 0.612. The SMILES string of the molecule is O=C(O)c1cccc(NS(=O)(=O)c2cccc3nsnc23)c1O. The summed E-state index contributed by atoms with van der Waals surface area (Å²) in [7, 11) is -4.07. The van der Waals surface area contributed by atoms with E-state index in [-0.39, 0.29) is 16.1 Å². The Hall–Kier alpha value is -2.72. The number of sulfonamides is 1. The van der Waals surface area contributed by atoms with Gasteiger partial charge in [-0.1, -0.05) is 12.1 Å². The molecule has 23 heavy (non-hydrogen) atoms. The topological polar surface area (TPSA) is 129 Å². The molecule has 0 fully saturated rings. The minimum atomic E-state index is -4.07. The van der Waals surface area contributed by atoms with Gasteiger partial charge < -0.3 is 10.2 Å². The number of anilines is 1. The molecule has 0 radical (unpaired) electrons. The number of carbonyl (C=O) groups is 1. The van der Waals surface area contributed by atoms with Gasteiger partial charge in [0.2, 0.25) is 0 Å². The molecular formula is C13H9N3O5S2. The summed E-state index contributed by atoms with van der Waals surface area (Å²) >= 11 is 0.880. The van der Waals surface area contributed by atoms with E-state index in [4.69, 9.17) is 5.11 Å². The first-order valence-electron chi connectivity index (χ1n) is 6.19. The second-order valence-electron chi connectivity index (χ2n) is 4.50. The van der Waals surface area contributed by atoms with Crippen molar-refractivity contribution in [3.63, 3.8) is 0 Å². The Labute approximate surface area is 134 Å². The van der Waals surface area contributed by atoms with Crippen LogP contribution in [0.2, 0.25) is 0 Å². The Balaban J connectivity index is 2.08. The first kappa shape index (κ1) is 15.2. The third-order valence-corrected chi connectivity index (χ3v) is 4.99. The minimum Gasteiger partial charge on any atom is -0.505 e. The number of fused-ring (bicyclic) bond motifs is 1. The highest BCUT2D eigenvalue weighted by atomic mass is 32.2. The van der Waals surface area contributed by atoms with E-state index in [0.717, 1.165) is 11.7 Å². The van der Waals surface area contributed by atoms with Crippen LogP contribution in [0.1, 0.15) is 10.4 Å². The Morgan fingerprint density at radius 3 is 2.61 bits per heavy atom. The predicted molar refractivity (Wildman–Crippen MR) is 83.3 cm³/mol. The molecular weight excluding hydrogens is 342 g/mol. The van der Waals surface area contributed by atoms with E-state index in [2.05, 4.69) is 13.5 Å². The Morgan fingerprint density at radius 1 is 1.13 bits per heavy atom. The van der Waals surface area contributed by atoms with Crippen LogP contribution in [-0.2, 0) is 10.0 Å². The zero-order valence-corrected chi connectivity index (χ0v) is 12.9.